The number of amides is 2. The third-order valence-corrected chi connectivity index (χ3v) is 2.96. The summed E-state index contributed by atoms with van der Waals surface area (Å²) in [6, 6.07) is 6.80. The Morgan fingerprint density at radius 1 is 1.20 bits per heavy atom. The molecule has 0 spiro atoms. The van der Waals surface area contributed by atoms with Gasteiger partial charge >= 0.3 is 0 Å². The van der Waals surface area contributed by atoms with E-state index in [1.54, 1.807) is 31.2 Å². The van der Waals surface area contributed by atoms with E-state index in [1.165, 1.54) is 7.11 Å². The van der Waals surface area contributed by atoms with Crippen LogP contribution in [0.5, 0.6) is 0 Å². The molecule has 0 aliphatic heterocycles. The van der Waals surface area contributed by atoms with Gasteiger partial charge in [-0.25, -0.2) is 0 Å². The molecule has 0 radical (unpaired) electrons. The highest BCUT2D eigenvalue weighted by atomic mass is 16.5. The molecule has 1 aromatic rings. The van der Waals surface area contributed by atoms with Crippen molar-refractivity contribution in [1.29, 1.82) is 0 Å². The van der Waals surface area contributed by atoms with Crippen molar-refractivity contribution in [3.8, 4) is 0 Å². The van der Waals surface area contributed by atoms with Crippen LogP contribution < -0.4 is 16.4 Å². The number of nitrogens with two attached hydrogens (primary N) is 1. The molecule has 110 valence electrons. The minimum atomic E-state index is -0.897. The number of nitrogens with one attached hydrogen (secondary N) is 2. The second kappa shape index (κ2) is 7.02. The maximum absolute atomic E-state index is 11.9. The second-order valence-electron chi connectivity index (χ2n) is 4.78. The lowest BCUT2D eigenvalue weighted by atomic mass is 9.99. The van der Waals surface area contributed by atoms with E-state index in [0.29, 0.717) is 17.8 Å². The van der Waals surface area contributed by atoms with Crippen LogP contribution in [0, 0.1) is 0 Å². The molecular formula is C14H21N3O3. The Hall–Kier alpha value is -1.92. The lowest BCUT2D eigenvalue weighted by molar-refractivity contribution is -0.121. The minimum Gasteiger partial charge on any atom is -0.375 e. The topological polar surface area (TPSA) is 93.5 Å². The first-order valence-electron chi connectivity index (χ1n) is 6.38. The van der Waals surface area contributed by atoms with E-state index >= 15 is 0 Å². The molecule has 0 aliphatic carbocycles. The molecule has 0 aliphatic rings. The predicted molar refractivity (Wildman–Crippen MR) is 78.5 cm³/mol. The quantitative estimate of drug-likeness (QED) is 0.732. The Morgan fingerprint density at radius 3 is 2.15 bits per heavy atom. The maximum atomic E-state index is 11.9. The average molecular weight is 279 g/mol. The lowest BCUT2D eigenvalue weighted by Crippen LogP contribution is -2.47. The van der Waals surface area contributed by atoms with Crippen LogP contribution in [0.25, 0.3) is 0 Å². The molecule has 0 aromatic heterocycles. The van der Waals surface area contributed by atoms with E-state index in [4.69, 9.17) is 10.5 Å². The van der Waals surface area contributed by atoms with Crippen LogP contribution in [0.15, 0.2) is 24.3 Å². The number of benzene rings is 1. The minimum absolute atomic E-state index is 0.000512. The fourth-order valence-electron chi connectivity index (χ4n) is 1.40. The highest BCUT2D eigenvalue weighted by Gasteiger charge is 2.25. The highest BCUT2D eigenvalue weighted by Crippen LogP contribution is 2.15. The molecule has 0 fully saturated rings. The molecule has 0 saturated heterocycles. The Kier molecular flexibility index (Phi) is 5.66. The summed E-state index contributed by atoms with van der Waals surface area (Å²) in [4.78, 5) is 23.2. The van der Waals surface area contributed by atoms with Gasteiger partial charge < -0.3 is 21.1 Å². The monoisotopic (exact) mass is 279 g/mol. The van der Waals surface area contributed by atoms with Crippen LogP contribution in [-0.2, 0) is 14.3 Å². The van der Waals surface area contributed by atoms with Crippen molar-refractivity contribution >= 4 is 23.2 Å². The number of carbonyl (C=O) groups is 2. The molecule has 0 bridgehead atoms. The second-order valence-corrected chi connectivity index (χ2v) is 4.78. The Labute approximate surface area is 118 Å². The molecule has 4 N–H and O–H groups in total. The summed E-state index contributed by atoms with van der Waals surface area (Å²) in [5, 5.41) is 5.40. The molecule has 1 unspecified atom stereocenters. The predicted octanol–water partition coefficient (Wildman–Crippen LogP) is 1.34. The summed E-state index contributed by atoms with van der Waals surface area (Å²) < 4.78 is 4.72. The summed E-state index contributed by atoms with van der Waals surface area (Å²) in [5.41, 5.74) is 6.22. The number of carbonyl (C=O) groups excluding carboxylic acids is 2. The van der Waals surface area contributed by atoms with Gasteiger partial charge in [0.1, 0.15) is 6.61 Å². The maximum Gasteiger partial charge on any atom is 0.250 e. The van der Waals surface area contributed by atoms with Crippen molar-refractivity contribution in [2.45, 2.75) is 25.8 Å². The standard InChI is InChI=1S/C14H21N3O3/c1-4-14(2,15)13(19)17-11-7-5-10(6-8-11)16-12(18)9-20-3/h5-8H,4,9,15H2,1-3H3,(H,16,18)(H,17,19). The number of hydrogen-bond acceptors (Lipinski definition) is 4. The van der Waals surface area contributed by atoms with Crippen LogP contribution in [0.2, 0.25) is 0 Å². The molecule has 0 saturated carbocycles. The molecule has 0 heterocycles. The fraction of sp³-hybridized carbons (Fsp3) is 0.429. The molecular weight excluding hydrogens is 258 g/mol. The fourth-order valence-corrected chi connectivity index (χ4v) is 1.40. The van der Waals surface area contributed by atoms with Gasteiger partial charge in [0.2, 0.25) is 11.8 Å². The molecule has 6 heteroatoms. The summed E-state index contributed by atoms with van der Waals surface area (Å²) in [7, 11) is 1.45. The van der Waals surface area contributed by atoms with Crippen LogP contribution in [0.3, 0.4) is 0 Å². The number of ether oxygens (including phenoxy) is 1. The summed E-state index contributed by atoms with van der Waals surface area (Å²) in [6.45, 7) is 3.54. The number of hydrogen-bond donors (Lipinski definition) is 3. The van der Waals surface area contributed by atoms with Crippen LogP contribution in [-0.4, -0.2) is 31.1 Å². The third-order valence-electron chi connectivity index (χ3n) is 2.96. The Bertz CT molecular complexity index is 469. The van der Waals surface area contributed by atoms with Crippen molar-refractivity contribution in [2.75, 3.05) is 24.4 Å². The molecule has 1 atom stereocenters. The molecule has 1 aromatic carbocycles. The van der Waals surface area contributed by atoms with Crippen molar-refractivity contribution in [3.05, 3.63) is 24.3 Å². The van der Waals surface area contributed by atoms with Gasteiger partial charge in [0.15, 0.2) is 0 Å². The SMILES string of the molecule is CCC(C)(N)C(=O)Nc1ccc(NC(=O)COC)cc1. The lowest BCUT2D eigenvalue weighted by Gasteiger charge is -2.21. The van der Waals surface area contributed by atoms with Gasteiger partial charge in [-0.1, -0.05) is 6.92 Å². The molecule has 2 amide bonds. The Morgan fingerprint density at radius 2 is 1.70 bits per heavy atom. The van der Waals surface area contributed by atoms with Crippen LogP contribution in [0.4, 0.5) is 11.4 Å². The van der Waals surface area contributed by atoms with E-state index in [0.717, 1.165) is 0 Å². The smallest absolute Gasteiger partial charge is 0.250 e. The van der Waals surface area contributed by atoms with E-state index in [1.807, 2.05) is 6.92 Å². The van der Waals surface area contributed by atoms with Gasteiger partial charge in [-0.3, -0.25) is 9.59 Å². The normalized spacial score (nSPS) is 13.4. The third kappa shape index (κ3) is 4.64. The first kappa shape index (κ1) is 16.1. The van der Waals surface area contributed by atoms with Gasteiger partial charge in [-0.2, -0.15) is 0 Å². The van der Waals surface area contributed by atoms with Crippen LogP contribution >= 0.6 is 0 Å². The molecule has 1 rings (SSSR count). The van der Waals surface area contributed by atoms with Crippen molar-refractivity contribution in [2.24, 2.45) is 5.73 Å². The zero-order valence-electron chi connectivity index (χ0n) is 12.0. The van der Waals surface area contributed by atoms with Crippen LogP contribution in [0.1, 0.15) is 20.3 Å². The molecule has 20 heavy (non-hydrogen) atoms. The van der Waals surface area contributed by atoms with E-state index in [9.17, 15) is 9.59 Å². The van der Waals surface area contributed by atoms with Crippen molar-refractivity contribution in [3.63, 3.8) is 0 Å². The van der Waals surface area contributed by atoms with Gasteiger partial charge in [-0.05, 0) is 37.6 Å². The van der Waals surface area contributed by atoms with Crippen molar-refractivity contribution < 1.29 is 14.3 Å². The summed E-state index contributed by atoms with van der Waals surface area (Å²) in [5.74, 6) is -0.471. The number of rotatable bonds is 6. The average Bonchev–Trinajstić information content (AvgIpc) is 2.41. The summed E-state index contributed by atoms with van der Waals surface area (Å²) >= 11 is 0. The zero-order valence-corrected chi connectivity index (χ0v) is 12.0. The Balaban J connectivity index is 2.63. The largest absolute Gasteiger partial charge is 0.375 e. The van der Waals surface area contributed by atoms with E-state index in [-0.39, 0.29) is 18.4 Å². The first-order valence-corrected chi connectivity index (χ1v) is 6.38. The number of anilines is 2. The molecule has 6 nitrogen and oxygen atoms in total. The van der Waals surface area contributed by atoms with Gasteiger partial charge in [0.25, 0.3) is 0 Å². The van der Waals surface area contributed by atoms with Gasteiger partial charge in [-0.15, -0.1) is 0 Å². The highest BCUT2D eigenvalue weighted by molar-refractivity contribution is 5.98. The first-order chi connectivity index (χ1) is 9.39. The van der Waals surface area contributed by atoms with E-state index in [2.05, 4.69) is 10.6 Å². The number of methoxy groups -OCH3 is 1. The van der Waals surface area contributed by atoms with Crippen molar-refractivity contribution in [1.82, 2.24) is 0 Å². The van der Waals surface area contributed by atoms with Gasteiger partial charge in [0.05, 0.1) is 5.54 Å². The van der Waals surface area contributed by atoms with Gasteiger partial charge in [0, 0.05) is 18.5 Å². The van der Waals surface area contributed by atoms with E-state index < -0.39 is 5.54 Å². The zero-order chi connectivity index (χ0) is 15.2. The summed E-state index contributed by atoms with van der Waals surface area (Å²) in [6.07, 6.45) is 0.546.